The second-order valence-electron chi connectivity index (χ2n) is 5.06. The Morgan fingerprint density at radius 1 is 1.00 bits per heavy atom. The van der Waals surface area contributed by atoms with Crippen molar-refractivity contribution >= 4 is 0 Å². The fourth-order valence-corrected chi connectivity index (χ4v) is 2.61. The Balaban J connectivity index is 1.70. The molecule has 2 aromatic rings. The molecule has 0 N–H and O–H groups in total. The van der Waals surface area contributed by atoms with Crippen LogP contribution in [0.25, 0.3) is 0 Å². The van der Waals surface area contributed by atoms with E-state index in [0.717, 1.165) is 5.75 Å². The Kier molecular flexibility index (Phi) is 3.06. The highest BCUT2D eigenvalue weighted by atomic mass is 16.5. The van der Waals surface area contributed by atoms with Crippen molar-refractivity contribution in [2.24, 2.45) is 0 Å². The topological polar surface area (TPSA) is 9.23 Å². The van der Waals surface area contributed by atoms with Crippen molar-refractivity contribution in [3.8, 4) is 5.75 Å². The average Bonchev–Trinajstić information content (AvgIpc) is 2.84. The molecule has 18 heavy (non-hydrogen) atoms. The predicted octanol–water partition coefficient (Wildman–Crippen LogP) is 4.06. The van der Waals surface area contributed by atoms with Crippen LogP contribution in [0.4, 0.5) is 0 Å². The Morgan fingerprint density at radius 2 is 1.89 bits per heavy atom. The third-order valence-electron chi connectivity index (χ3n) is 3.56. The summed E-state index contributed by atoms with van der Waals surface area (Å²) in [4.78, 5) is 0. The molecule has 92 valence electrons. The summed E-state index contributed by atoms with van der Waals surface area (Å²) in [5, 5.41) is 0. The van der Waals surface area contributed by atoms with Crippen LogP contribution in [-0.2, 0) is 19.4 Å². The van der Waals surface area contributed by atoms with Gasteiger partial charge in [0.15, 0.2) is 0 Å². The van der Waals surface area contributed by atoms with Gasteiger partial charge in [-0.1, -0.05) is 35.9 Å². The molecule has 1 aliphatic carbocycles. The van der Waals surface area contributed by atoms with Crippen LogP contribution >= 0.6 is 0 Å². The van der Waals surface area contributed by atoms with Crippen LogP contribution in [0, 0.1) is 6.92 Å². The van der Waals surface area contributed by atoms with Crippen LogP contribution in [-0.4, -0.2) is 0 Å². The lowest BCUT2D eigenvalue weighted by Gasteiger charge is -2.08. The van der Waals surface area contributed by atoms with Crippen molar-refractivity contribution in [3.63, 3.8) is 0 Å². The van der Waals surface area contributed by atoms with Gasteiger partial charge in [-0.05, 0) is 55.0 Å². The summed E-state index contributed by atoms with van der Waals surface area (Å²) >= 11 is 0. The second-order valence-corrected chi connectivity index (χ2v) is 5.06. The number of aryl methyl sites for hydroxylation is 3. The maximum Gasteiger partial charge on any atom is 0.120 e. The van der Waals surface area contributed by atoms with E-state index in [-0.39, 0.29) is 0 Å². The zero-order valence-corrected chi connectivity index (χ0v) is 10.8. The van der Waals surface area contributed by atoms with Crippen LogP contribution in [0.5, 0.6) is 5.75 Å². The molecule has 0 saturated carbocycles. The molecule has 0 spiro atoms. The summed E-state index contributed by atoms with van der Waals surface area (Å²) in [6, 6.07) is 15.0. The van der Waals surface area contributed by atoms with Crippen molar-refractivity contribution in [2.45, 2.75) is 32.8 Å². The first-order valence-electron chi connectivity index (χ1n) is 6.61. The van der Waals surface area contributed by atoms with E-state index in [9.17, 15) is 0 Å². The first kappa shape index (κ1) is 11.3. The first-order valence-corrected chi connectivity index (χ1v) is 6.61. The van der Waals surface area contributed by atoms with Crippen LogP contribution < -0.4 is 4.74 Å². The normalized spacial score (nSPS) is 13.4. The van der Waals surface area contributed by atoms with Gasteiger partial charge in [0.25, 0.3) is 0 Å². The van der Waals surface area contributed by atoms with Gasteiger partial charge in [0, 0.05) is 0 Å². The molecule has 0 saturated heterocycles. The van der Waals surface area contributed by atoms with Crippen molar-refractivity contribution in [2.75, 3.05) is 0 Å². The highest BCUT2D eigenvalue weighted by molar-refractivity contribution is 5.38. The molecule has 0 heterocycles. The van der Waals surface area contributed by atoms with Gasteiger partial charge in [0.1, 0.15) is 12.4 Å². The predicted molar refractivity (Wildman–Crippen MR) is 74.0 cm³/mol. The van der Waals surface area contributed by atoms with Gasteiger partial charge in [-0.2, -0.15) is 0 Å². The van der Waals surface area contributed by atoms with Gasteiger partial charge >= 0.3 is 0 Å². The van der Waals surface area contributed by atoms with Crippen molar-refractivity contribution in [1.29, 1.82) is 0 Å². The third-order valence-corrected chi connectivity index (χ3v) is 3.56. The Labute approximate surface area is 108 Å². The van der Waals surface area contributed by atoms with Crippen LogP contribution in [0.1, 0.15) is 28.7 Å². The Hall–Kier alpha value is -1.76. The lowest BCUT2D eigenvalue weighted by atomic mass is 10.1. The van der Waals surface area contributed by atoms with E-state index in [4.69, 9.17) is 4.74 Å². The number of fused-ring (bicyclic) bond motifs is 1. The minimum Gasteiger partial charge on any atom is -0.489 e. The molecule has 2 aromatic carbocycles. The minimum atomic E-state index is 0.653. The monoisotopic (exact) mass is 238 g/mol. The van der Waals surface area contributed by atoms with Crippen LogP contribution in [0.2, 0.25) is 0 Å². The second kappa shape index (κ2) is 4.85. The van der Waals surface area contributed by atoms with Crippen LogP contribution in [0.3, 0.4) is 0 Å². The summed E-state index contributed by atoms with van der Waals surface area (Å²) in [5.74, 6) is 0.997. The average molecular weight is 238 g/mol. The fourth-order valence-electron chi connectivity index (χ4n) is 2.61. The molecule has 0 bridgehead atoms. The largest absolute Gasteiger partial charge is 0.489 e. The maximum absolute atomic E-state index is 5.87. The fraction of sp³-hybridized carbons (Fsp3) is 0.294. The SMILES string of the molecule is Cc1cccc(COc2ccc3c(c2)CCC3)c1. The number of rotatable bonds is 3. The van der Waals surface area contributed by atoms with Gasteiger partial charge in [-0.15, -0.1) is 0 Å². The molecule has 1 aliphatic rings. The lowest BCUT2D eigenvalue weighted by Crippen LogP contribution is -1.96. The summed E-state index contributed by atoms with van der Waals surface area (Å²) in [6.45, 7) is 2.76. The van der Waals surface area contributed by atoms with E-state index >= 15 is 0 Å². The Bertz CT molecular complexity index is 557. The lowest BCUT2D eigenvalue weighted by molar-refractivity contribution is 0.306. The molecule has 3 rings (SSSR count). The Morgan fingerprint density at radius 3 is 2.78 bits per heavy atom. The summed E-state index contributed by atoms with van der Waals surface area (Å²) in [7, 11) is 0. The van der Waals surface area contributed by atoms with Gasteiger partial charge in [-0.25, -0.2) is 0 Å². The maximum atomic E-state index is 5.87. The molecular formula is C17H18O. The van der Waals surface area contributed by atoms with Crippen molar-refractivity contribution < 1.29 is 4.74 Å². The molecule has 0 aromatic heterocycles. The molecule has 0 amide bonds. The number of hydrogen-bond donors (Lipinski definition) is 0. The van der Waals surface area contributed by atoms with E-state index in [2.05, 4.69) is 49.4 Å². The molecule has 0 atom stereocenters. The summed E-state index contributed by atoms with van der Waals surface area (Å²) in [6.07, 6.45) is 3.72. The smallest absolute Gasteiger partial charge is 0.120 e. The minimum absolute atomic E-state index is 0.653. The van der Waals surface area contributed by atoms with Gasteiger partial charge in [0.05, 0.1) is 0 Å². The van der Waals surface area contributed by atoms with Crippen molar-refractivity contribution in [3.05, 3.63) is 64.7 Å². The molecule has 1 nitrogen and oxygen atoms in total. The number of ether oxygens (including phenoxy) is 1. The number of benzene rings is 2. The van der Waals surface area contributed by atoms with E-state index in [0.29, 0.717) is 6.61 Å². The zero-order chi connectivity index (χ0) is 12.4. The van der Waals surface area contributed by atoms with E-state index in [1.54, 1.807) is 0 Å². The first-order chi connectivity index (χ1) is 8.81. The molecule has 0 aliphatic heterocycles. The molecule has 0 radical (unpaired) electrons. The van der Waals surface area contributed by atoms with Gasteiger partial charge in [-0.3, -0.25) is 0 Å². The van der Waals surface area contributed by atoms with Gasteiger partial charge in [0.2, 0.25) is 0 Å². The van der Waals surface area contributed by atoms with E-state index < -0.39 is 0 Å². The summed E-state index contributed by atoms with van der Waals surface area (Å²) < 4.78 is 5.87. The molecule has 0 fully saturated rings. The molecular weight excluding hydrogens is 220 g/mol. The van der Waals surface area contributed by atoms with E-state index in [1.165, 1.54) is 41.5 Å². The van der Waals surface area contributed by atoms with Crippen molar-refractivity contribution in [1.82, 2.24) is 0 Å². The van der Waals surface area contributed by atoms with E-state index in [1.807, 2.05) is 0 Å². The van der Waals surface area contributed by atoms with Crippen LogP contribution in [0.15, 0.2) is 42.5 Å². The third kappa shape index (κ3) is 2.40. The summed E-state index contributed by atoms with van der Waals surface area (Å²) in [5.41, 5.74) is 5.48. The quantitative estimate of drug-likeness (QED) is 0.783. The standard InChI is InChI=1S/C17H18O/c1-13-4-2-5-14(10-13)12-18-17-9-8-15-6-3-7-16(15)11-17/h2,4-5,8-11H,3,6-7,12H2,1H3. The highest BCUT2D eigenvalue weighted by Crippen LogP contribution is 2.26. The van der Waals surface area contributed by atoms with Gasteiger partial charge < -0.3 is 4.74 Å². The zero-order valence-electron chi connectivity index (χ0n) is 10.8. The molecule has 0 unspecified atom stereocenters. The molecule has 1 heteroatoms. The number of hydrogen-bond acceptors (Lipinski definition) is 1. The highest BCUT2D eigenvalue weighted by Gasteiger charge is 2.11.